The lowest BCUT2D eigenvalue weighted by Crippen LogP contribution is -2.15. The van der Waals surface area contributed by atoms with E-state index in [9.17, 15) is 4.79 Å². The van der Waals surface area contributed by atoms with Gasteiger partial charge in [0, 0.05) is 0 Å². The third-order valence-electron chi connectivity index (χ3n) is 1.20. The van der Waals surface area contributed by atoms with Crippen LogP contribution in [0.5, 0.6) is 0 Å². The molecule has 0 spiro atoms. The van der Waals surface area contributed by atoms with E-state index in [1.807, 2.05) is 5.43 Å². The molecule has 0 saturated heterocycles. The summed E-state index contributed by atoms with van der Waals surface area (Å²) in [6.45, 7) is 1.65. The minimum atomic E-state index is -1.19. The topological polar surface area (TPSA) is 74.8 Å². The Bertz CT molecular complexity index is 290. The van der Waals surface area contributed by atoms with Crippen LogP contribution in [-0.2, 0) is 0 Å². The predicted molar refractivity (Wildman–Crippen MR) is 42.1 cm³/mol. The number of carboxylic acid groups (broad SMARTS) is 1. The first-order valence-electron chi connectivity index (χ1n) is 3.27. The van der Waals surface area contributed by atoms with Gasteiger partial charge < -0.3 is 9.52 Å². The molecule has 12 heavy (non-hydrogen) atoms. The van der Waals surface area contributed by atoms with E-state index >= 15 is 0 Å². The molecule has 64 valence electrons. The van der Waals surface area contributed by atoms with Gasteiger partial charge in [-0.2, -0.15) is 5.10 Å². The molecule has 0 aliphatic carbocycles. The van der Waals surface area contributed by atoms with Gasteiger partial charge in [-0.15, -0.1) is 0 Å². The van der Waals surface area contributed by atoms with E-state index in [4.69, 9.17) is 9.52 Å². The highest BCUT2D eigenvalue weighted by Crippen LogP contribution is 2.00. The number of nitrogens with zero attached hydrogens (tertiary/aromatic N) is 1. The SMILES string of the molecule is C/C(=N/NC(=O)O)c1ccco1. The van der Waals surface area contributed by atoms with Crippen LogP contribution >= 0.6 is 0 Å². The summed E-state index contributed by atoms with van der Waals surface area (Å²) in [4.78, 5) is 10.0. The van der Waals surface area contributed by atoms with E-state index in [2.05, 4.69) is 5.10 Å². The van der Waals surface area contributed by atoms with Gasteiger partial charge in [-0.05, 0) is 19.1 Å². The third-order valence-corrected chi connectivity index (χ3v) is 1.20. The average molecular weight is 168 g/mol. The van der Waals surface area contributed by atoms with Crippen LogP contribution in [0, 0.1) is 0 Å². The number of carbonyl (C=O) groups is 1. The summed E-state index contributed by atoms with van der Waals surface area (Å²) in [7, 11) is 0. The standard InChI is InChI=1S/C7H8N2O3/c1-5(8-9-7(10)11)6-3-2-4-12-6/h2-4,9H,1H3,(H,10,11)/b8-5-. The summed E-state index contributed by atoms with van der Waals surface area (Å²) in [5.74, 6) is 0.545. The van der Waals surface area contributed by atoms with Gasteiger partial charge in [0.25, 0.3) is 0 Å². The fraction of sp³-hybridized carbons (Fsp3) is 0.143. The van der Waals surface area contributed by atoms with Crippen molar-refractivity contribution in [3.05, 3.63) is 24.2 Å². The van der Waals surface area contributed by atoms with E-state index in [-0.39, 0.29) is 0 Å². The zero-order valence-corrected chi connectivity index (χ0v) is 6.44. The highest BCUT2D eigenvalue weighted by Gasteiger charge is 1.99. The smallest absolute Gasteiger partial charge is 0.425 e. The minimum absolute atomic E-state index is 0.488. The van der Waals surface area contributed by atoms with Gasteiger partial charge >= 0.3 is 6.09 Å². The highest BCUT2D eigenvalue weighted by molar-refractivity contribution is 5.96. The Labute approximate surface area is 68.7 Å². The van der Waals surface area contributed by atoms with Crippen molar-refractivity contribution in [3.8, 4) is 0 Å². The molecule has 5 nitrogen and oxygen atoms in total. The Morgan fingerprint density at radius 1 is 1.75 bits per heavy atom. The molecule has 1 heterocycles. The maximum absolute atomic E-state index is 10.0. The maximum Gasteiger partial charge on any atom is 0.425 e. The second-order valence-electron chi connectivity index (χ2n) is 2.09. The molecule has 0 aliphatic heterocycles. The van der Waals surface area contributed by atoms with Crippen molar-refractivity contribution in [2.75, 3.05) is 0 Å². The monoisotopic (exact) mass is 168 g/mol. The van der Waals surface area contributed by atoms with Crippen LogP contribution in [0.2, 0.25) is 0 Å². The van der Waals surface area contributed by atoms with Crippen LogP contribution in [0.4, 0.5) is 4.79 Å². The summed E-state index contributed by atoms with van der Waals surface area (Å²) in [6, 6.07) is 3.40. The summed E-state index contributed by atoms with van der Waals surface area (Å²) >= 11 is 0. The zero-order valence-electron chi connectivity index (χ0n) is 6.44. The molecule has 0 unspecified atom stereocenters. The van der Waals surface area contributed by atoms with Gasteiger partial charge in [-0.3, -0.25) is 0 Å². The molecule has 2 N–H and O–H groups in total. The van der Waals surface area contributed by atoms with Crippen LogP contribution in [0.1, 0.15) is 12.7 Å². The van der Waals surface area contributed by atoms with E-state index in [0.717, 1.165) is 0 Å². The molecule has 0 aliphatic rings. The van der Waals surface area contributed by atoms with Crippen LogP contribution in [0.3, 0.4) is 0 Å². The predicted octanol–water partition coefficient (Wildman–Crippen LogP) is 1.27. The Hall–Kier alpha value is -1.78. The molecule has 0 aromatic carbocycles. The maximum atomic E-state index is 10.0. The molecule has 1 rings (SSSR count). The van der Waals surface area contributed by atoms with Crippen molar-refractivity contribution in [2.24, 2.45) is 5.10 Å². The quantitative estimate of drug-likeness (QED) is 0.515. The normalized spacial score (nSPS) is 11.2. The first-order valence-corrected chi connectivity index (χ1v) is 3.27. The molecule has 1 amide bonds. The Morgan fingerprint density at radius 3 is 3.00 bits per heavy atom. The van der Waals surface area contributed by atoms with Crippen LogP contribution in [0.15, 0.2) is 27.9 Å². The molecular formula is C7H8N2O3. The van der Waals surface area contributed by atoms with Gasteiger partial charge in [0.15, 0.2) is 0 Å². The van der Waals surface area contributed by atoms with E-state index in [1.54, 1.807) is 19.1 Å². The Kier molecular flexibility index (Phi) is 2.47. The van der Waals surface area contributed by atoms with Crippen LogP contribution < -0.4 is 5.43 Å². The summed E-state index contributed by atoms with van der Waals surface area (Å²) in [5, 5.41) is 11.8. The van der Waals surface area contributed by atoms with Crippen molar-refractivity contribution in [1.29, 1.82) is 0 Å². The van der Waals surface area contributed by atoms with Crippen molar-refractivity contribution in [2.45, 2.75) is 6.92 Å². The van der Waals surface area contributed by atoms with Crippen molar-refractivity contribution >= 4 is 11.8 Å². The number of rotatable bonds is 2. The molecular weight excluding hydrogens is 160 g/mol. The Morgan fingerprint density at radius 2 is 2.50 bits per heavy atom. The lowest BCUT2D eigenvalue weighted by atomic mass is 10.3. The number of hydrogen-bond acceptors (Lipinski definition) is 3. The number of hydrazone groups is 1. The van der Waals surface area contributed by atoms with E-state index in [1.165, 1.54) is 6.26 Å². The number of nitrogens with one attached hydrogen (secondary N) is 1. The fourth-order valence-corrected chi connectivity index (χ4v) is 0.671. The first-order chi connectivity index (χ1) is 5.70. The van der Waals surface area contributed by atoms with Gasteiger partial charge in [0.05, 0.1) is 6.26 Å². The molecule has 1 aromatic rings. The van der Waals surface area contributed by atoms with Crippen LogP contribution in [0.25, 0.3) is 0 Å². The molecule has 1 aromatic heterocycles. The van der Waals surface area contributed by atoms with Crippen LogP contribution in [-0.4, -0.2) is 16.9 Å². The molecule has 0 atom stereocenters. The summed E-state index contributed by atoms with van der Waals surface area (Å²) < 4.78 is 4.96. The third kappa shape index (κ3) is 2.12. The van der Waals surface area contributed by atoms with E-state index in [0.29, 0.717) is 11.5 Å². The summed E-state index contributed by atoms with van der Waals surface area (Å²) in [6.07, 6.45) is 0.302. The molecule has 0 radical (unpaired) electrons. The highest BCUT2D eigenvalue weighted by atomic mass is 16.4. The van der Waals surface area contributed by atoms with Gasteiger partial charge in [0.1, 0.15) is 11.5 Å². The van der Waals surface area contributed by atoms with Crippen molar-refractivity contribution in [3.63, 3.8) is 0 Å². The molecule has 0 bridgehead atoms. The lowest BCUT2D eigenvalue weighted by Gasteiger charge is -1.94. The molecule has 5 heteroatoms. The lowest BCUT2D eigenvalue weighted by molar-refractivity contribution is 0.195. The second kappa shape index (κ2) is 3.56. The molecule has 0 fully saturated rings. The van der Waals surface area contributed by atoms with Gasteiger partial charge in [-0.25, -0.2) is 10.2 Å². The Balaban J connectivity index is 2.65. The largest absolute Gasteiger partial charge is 0.464 e. The first kappa shape index (κ1) is 8.32. The van der Waals surface area contributed by atoms with E-state index < -0.39 is 6.09 Å². The average Bonchev–Trinajstić information content (AvgIpc) is 2.51. The molecule has 0 saturated carbocycles. The fourth-order valence-electron chi connectivity index (χ4n) is 0.671. The second-order valence-corrected chi connectivity index (χ2v) is 2.09. The van der Waals surface area contributed by atoms with Crippen molar-refractivity contribution in [1.82, 2.24) is 5.43 Å². The number of furan rings is 1. The van der Waals surface area contributed by atoms with Gasteiger partial charge in [0.2, 0.25) is 0 Å². The number of hydrogen-bond donors (Lipinski definition) is 2. The van der Waals surface area contributed by atoms with Crippen molar-refractivity contribution < 1.29 is 14.3 Å². The van der Waals surface area contributed by atoms with Gasteiger partial charge in [-0.1, -0.05) is 0 Å². The zero-order chi connectivity index (χ0) is 8.97. The number of amides is 1. The minimum Gasteiger partial charge on any atom is -0.464 e. The summed E-state index contributed by atoms with van der Waals surface area (Å²) in [5.41, 5.74) is 2.37.